The summed E-state index contributed by atoms with van der Waals surface area (Å²) < 4.78 is 18.8. The Morgan fingerprint density at radius 1 is 1.70 bits per heavy atom. The fraction of sp³-hybridized carbons (Fsp3) is 1.00. The second-order valence-electron chi connectivity index (χ2n) is 1.34. The van der Waals surface area contributed by atoms with Gasteiger partial charge in [-0.3, -0.25) is 9.05 Å². The van der Waals surface area contributed by atoms with E-state index in [9.17, 15) is 4.57 Å². The molecule has 62 valence electrons. The minimum atomic E-state index is -3.90. The normalized spacial score (nSPS) is 17.3. The topological polar surface area (TPSA) is 55.8 Å². The monoisotopic (exact) mass is 208 g/mol. The van der Waals surface area contributed by atoms with Gasteiger partial charge in [0.15, 0.2) is 0 Å². The highest BCUT2D eigenvalue weighted by molar-refractivity contribution is 7.47. The summed E-state index contributed by atoms with van der Waals surface area (Å²) in [5.41, 5.74) is 0. The van der Waals surface area contributed by atoms with Crippen molar-refractivity contribution in [3.8, 4) is 0 Å². The molecule has 0 aromatic rings. The van der Waals surface area contributed by atoms with E-state index in [1.54, 1.807) is 0 Å². The highest BCUT2D eigenvalue weighted by Crippen LogP contribution is 2.42. The van der Waals surface area contributed by atoms with Crippen LogP contribution in [-0.4, -0.2) is 23.4 Å². The highest BCUT2D eigenvalue weighted by atomic mass is 35.5. The molecule has 0 aromatic heterocycles. The molecule has 0 spiro atoms. The van der Waals surface area contributed by atoms with E-state index in [2.05, 4.69) is 9.05 Å². The summed E-state index contributed by atoms with van der Waals surface area (Å²) in [6, 6.07) is 0. The molecule has 1 atom stereocenters. The molecule has 0 saturated carbocycles. The molecule has 0 aliphatic carbocycles. The van der Waals surface area contributed by atoms with Gasteiger partial charge in [0, 0.05) is 7.11 Å². The van der Waals surface area contributed by atoms with E-state index in [0.29, 0.717) is 0 Å². The van der Waals surface area contributed by atoms with Gasteiger partial charge in [-0.1, -0.05) is 0 Å². The Kier molecular flexibility index (Phi) is 4.86. The predicted molar refractivity (Wildman–Crippen MR) is 38.3 cm³/mol. The van der Waals surface area contributed by atoms with Crippen molar-refractivity contribution < 1.29 is 18.5 Å². The molecule has 0 aromatic carbocycles. The number of phosphoric ester groups is 1. The van der Waals surface area contributed by atoms with Crippen LogP contribution in [0.1, 0.15) is 0 Å². The third-order valence-corrected chi connectivity index (χ3v) is 1.78. The molecule has 7 heteroatoms. The van der Waals surface area contributed by atoms with Crippen LogP contribution in [0.5, 0.6) is 0 Å². The fourth-order valence-electron chi connectivity index (χ4n) is 0.203. The lowest BCUT2D eigenvalue weighted by Crippen LogP contribution is -2.00. The SMILES string of the molecule is COP(=O)(O)OCC(Cl)Cl. The predicted octanol–water partition coefficient (Wildman–Crippen LogP) is 1.55. The Bertz CT molecular complexity index is 138. The van der Waals surface area contributed by atoms with Gasteiger partial charge < -0.3 is 4.89 Å². The first kappa shape index (κ1) is 10.7. The van der Waals surface area contributed by atoms with Gasteiger partial charge in [0.05, 0.1) is 6.61 Å². The molecule has 0 amide bonds. The van der Waals surface area contributed by atoms with Gasteiger partial charge in [0.25, 0.3) is 0 Å². The number of rotatable bonds is 4. The van der Waals surface area contributed by atoms with Crippen LogP contribution >= 0.6 is 31.0 Å². The Morgan fingerprint density at radius 3 is 2.50 bits per heavy atom. The second-order valence-corrected chi connectivity index (χ2v) is 4.18. The van der Waals surface area contributed by atoms with Crippen LogP contribution in [0.25, 0.3) is 0 Å². The molecular weight excluding hydrogens is 202 g/mol. The standard InChI is InChI=1S/C3H7Cl2O4P/c1-8-10(6,7)9-2-3(4)5/h3H,2H2,1H3,(H,6,7). The zero-order valence-corrected chi connectivity index (χ0v) is 7.57. The molecule has 1 N–H and O–H groups in total. The lowest BCUT2D eigenvalue weighted by molar-refractivity contribution is 0.179. The van der Waals surface area contributed by atoms with Crippen LogP contribution in [-0.2, 0) is 13.6 Å². The zero-order chi connectivity index (χ0) is 8.20. The van der Waals surface area contributed by atoms with Gasteiger partial charge >= 0.3 is 7.82 Å². The van der Waals surface area contributed by atoms with E-state index in [-0.39, 0.29) is 6.61 Å². The zero-order valence-electron chi connectivity index (χ0n) is 5.16. The molecule has 0 bridgehead atoms. The molecular formula is C3H7Cl2O4P. The Hall–Kier alpha value is 0.690. The summed E-state index contributed by atoms with van der Waals surface area (Å²) in [5, 5.41) is 0. The van der Waals surface area contributed by atoms with Crippen molar-refractivity contribution in [1.29, 1.82) is 0 Å². The van der Waals surface area contributed by atoms with E-state index < -0.39 is 12.7 Å². The minimum Gasteiger partial charge on any atom is -0.303 e. The average molecular weight is 209 g/mol. The number of hydrogen-bond acceptors (Lipinski definition) is 3. The van der Waals surface area contributed by atoms with Gasteiger partial charge in [-0.25, -0.2) is 4.57 Å². The van der Waals surface area contributed by atoms with Crippen LogP contribution in [0.15, 0.2) is 0 Å². The Labute approximate surface area is 68.6 Å². The summed E-state index contributed by atoms with van der Waals surface area (Å²) in [7, 11) is -2.84. The van der Waals surface area contributed by atoms with Crippen molar-refractivity contribution in [2.24, 2.45) is 0 Å². The second kappa shape index (κ2) is 4.54. The maximum absolute atomic E-state index is 10.5. The van der Waals surface area contributed by atoms with Gasteiger partial charge in [-0.15, -0.1) is 23.2 Å². The largest absolute Gasteiger partial charge is 0.472 e. The average Bonchev–Trinajstić information content (AvgIpc) is 1.85. The van der Waals surface area contributed by atoms with Gasteiger partial charge in [-0.05, 0) is 0 Å². The van der Waals surface area contributed by atoms with Crippen LogP contribution in [0.4, 0.5) is 0 Å². The lowest BCUT2D eigenvalue weighted by Gasteiger charge is -2.08. The maximum Gasteiger partial charge on any atom is 0.472 e. The van der Waals surface area contributed by atoms with Gasteiger partial charge in [-0.2, -0.15) is 0 Å². The van der Waals surface area contributed by atoms with E-state index in [1.807, 2.05) is 0 Å². The summed E-state index contributed by atoms with van der Waals surface area (Å²) in [5.74, 6) is 0. The molecule has 0 aliphatic rings. The molecule has 0 heterocycles. The summed E-state index contributed by atoms with van der Waals surface area (Å²) >= 11 is 10.4. The number of phosphoric acid groups is 1. The Balaban J connectivity index is 3.58. The first-order valence-corrected chi connectivity index (χ1v) is 4.66. The number of halogens is 2. The molecule has 0 radical (unpaired) electrons. The van der Waals surface area contributed by atoms with Crippen LogP contribution in [0.3, 0.4) is 0 Å². The third-order valence-electron chi connectivity index (χ3n) is 0.594. The van der Waals surface area contributed by atoms with E-state index in [0.717, 1.165) is 7.11 Å². The number of alkyl halides is 2. The summed E-state index contributed by atoms with van der Waals surface area (Å²) in [6.07, 6.45) is 0. The van der Waals surface area contributed by atoms with Crippen molar-refractivity contribution in [3.63, 3.8) is 0 Å². The van der Waals surface area contributed by atoms with Crippen molar-refractivity contribution >= 4 is 31.0 Å². The van der Waals surface area contributed by atoms with Gasteiger partial charge in [0.2, 0.25) is 0 Å². The van der Waals surface area contributed by atoms with E-state index >= 15 is 0 Å². The van der Waals surface area contributed by atoms with Crippen molar-refractivity contribution in [2.75, 3.05) is 13.7 Å². The molecule has 1 unspecified atom stereocenters. The van der Waals surface area contributed by atoms with Crippen molar-refractivity contribution in [1.82, 2.24) is 0 Å². The summed E-state index contributed by atoms with van der Waals surface area (Å²) in [4.78, 5) is 7.74. The summed E-state index contributed by atoms with van der Waals surface area (Å²) in [6.45, 7) is -0.231. The first-order valence-electron chi connectivity index (χ1n) is 2.29. The van der Waals surface area contributed by atoms with Crippen molar-refractivity contribution in [2.45, 2.75) is 4.84 Å². The van der Waals surface area contributed by atoms with E-state index in [1.165, 1.54) is 0 Å². The Morgan fingerprint density at radius 2 is 2.20 bits per heavy atom. The van der Waals surface area contributed by atoms with E-state index in [4.69, 9.17) is 28.1 Å². The molecule has 0 saturated heterocycles. The first-order chi connectivity index (χ1) is 4.48. The van der Waals surface area contributed by atoms with Crippen LogP contribution < -0.4 is 0 Å². The minimum absolute atomic E-state index is 0.231. The molecule has 0 rings (SSSR count). The highest BCUT2D eigenvalue weighted by Gasteiger charge is 2.19. The van der Waals surface area contributed by atoms with Gasteiger partial charge in [0.1, 0.15) is 4.84 Å². The van der Waals surface area contributed by atoms with Crippen LogP contribution in [0.2, 0.25) is 0 Å². The molecule has 4 nitrogen and oxygen atoms in total. The number of hydrogen-bond donors (Lipinski definition) is 1. The molecule has 0 fully saturated rings. The molecule has 10 heavy (non-hydrogen) atoms. The third kappa shape index (κ3) is 5.47. The maximum atomic E-state index is 10.5. The van der Waals surface area contributed by atoms with Crippen LogP contribution in [0, 0.1) is 0 Å². The lowest BCUT2D eigenvalue weighted by atomic mass is 10.9. The molecule has 0 aliphatic heterocycles. The van der Waals surface area contributed by atoms with Crippen molar-refractivity contribution in [3.05, 3.63) is 0 Å². The smallest absolute Gasteiger partial charge is 0.303 e. The quantitative estimate of drug-likeness (QED) is 0.563. The fourth-order valence-corrected chi connectivity index (χ4v) is 0.948.